The third kappa shape index (κ3) is 4.46. The van der Waals surface area contributed by atoms with E-state index < -0.39 is 0 Å². The first-order valence-corrected chi connectivity index (χ1v) is 10.1. The van der Waals surface area contributed by atoms with E-state index in [2.05, 4.69) is 21.7 Å². The van der Waals surface area contributed by atoms with Gasteiger partial charge in [-0.2, -0.15) is 5.26 Å². The maximum absolute atomic E-state index is 9.02. The third-order valence-electron chi connectivity index (χ3n) is 4.51. The van der Waals surface area contributed by atoms with Crippen LogP contribution in [0.5, 0.6) is 0 Å². The Morgan fingerprint density at radius 1 is 0.867 bits per heavy atom. The highest BCUT2D eigenvalue weighted by Gasteiger charge is 2.12. The fourth-order valence-corrected chi connectivity index (χ4v) is 3.58. The second-order valence-corrected chi connectivity index (χ2v) is 7.43. The predicted molar refractivity (Wildman–Crippen MR) is 123 cm³/mol. The number of anilines is 2. The van der Waals surface area contributed by atoms with Crippen LogP contribution in [-0.4, -0.2) is 23.1 Å². The SMILES string of the molecule is N#Cc1cccc(NCCNc2nc(-c3ccc(Cl)cc3Cl)nc3ccccc23)c1. The van der Waals surface area contributed by atoms with Gasteiger partial charge in [0.2, 0.25) is 0 Å². The van der Waals surface area contributed by atoms with E-state index in [1.165, 1.54) is 0 Å². The van der Waals surface area contributed by atoms with Gasteiger partial charge in [0, 0.05) is 34.7 Å². The molecule has 7 heteroatoms. The number of hydrogen-bond donors (Lipinski definition) is 2. The average Bonchev–Trinajstić information content (AvgIpc) is 2.76. The molecule has 0 saturated carbocycles. The molecule has 2 N–H and O–H groups in total. The van der Waals surface area contributed by atoms with Crippen LogP contribution in [0.2, 0.25) is 10.0 Å². The van der Waals surface area contributed by atoms with Gasteiger partial charge < -0.3 is 10.6 Å². The molecule has 0 radical (unpaired) electrons. The van der Waals surface area contributed by atoms with E-state index in [0.717, 1.165) is 28.0 Å². The maximum atomic E-state index is 9.02. The molecule has 0 unspecified atom stereocenters. The van der Waals surface area contributed by atoms with Crippen molar-refractivity contribution in [2.75, 3.05) is 23.7 Å². The highest BCUT2D eigenvalue weighted by molar-refractivity contribution is 6.36. The second kappa shape index (κ2) is 9.00. The molecule has 0 aliphatic heterocycles. The van der Waals surface area contributed by atoms with Crippen LogP contribution >= 0.6 is 23.2 Å². The van der Waals surface area contributed by atoms with Gasteiger partial charge in [0.1, 0.15) is 5.82 Å². The van der Waals surface area contributed by atoms with Crippen molar-refractivity contribution in [3.8, 4) is 17.5 Å². The summed E-state index contributed by atoms with van der Waals surface area (Å²) in [5.74, 6) is 1.27. The molecular weight excluding hydrogens is 417 g/mol. The number of aromatic nitrogens is 2. The molecule has 30 heavy (non-hydrogen) atoms. The van der Waals surface area contributed by atoms with Crippen molar-refractivity contribution >= 4 is 45.6 Å². The largest absolute Gasteiger partial charge is 0.383 e. The summed E-state index contributed by atoms with van der Waals surface area (Å²) in [6.45, 7) is 1.29. The lowest BCUT2D eigenvalue weighted by Crippen LogP contribution is -2.15. The molecule has 148 valence electrons. The minimum absolute atomic E-state index is 0.503. The van der Waals surface area contributed by atoms with Gasteiger partial charge in [0.15, 0.2) is 5.82 Å². The van der Waals surface area contributed by atoms with Crippen LogP contribution < -0.4 is 10.6 Å². The molecule has 0 spiro atoms. The summed E-state index contributed by atoms with van der Waals surface area (Å²) in [5, 5.41) is 17.7. The van der Waals surface area contributed by atoms with E-state index in [9.17, 15) is 0 Å². The number of rotatable bonds is 6. The van der Waals surface area contributed by atoms with E-state index in [1.54, 1.807) is 18.2 Å². The Morgan fingerprint density at radius 2 is 1.70 bits per heavy atom. The molecule has 0 atom stereocenters. The summed E-state index contributed by atoms with van der Waals surface area (Å²) in [6.07, 6.45) is 0. The Hall–Kier alpha value is -3.33. The molecule has 0 bridgehead atoms. The lowest BCUT2D eigenvalue weighted by atomic mass is 10.2. The van der Waals surface area contributed by atoms with Crippen molar-refractivity contribution in [3.05, 3.63) is 82.3 Å². The fourth-order valence-electron chi connectivity index (χ4n) is 3.09. The van der Waals surface area contributed by atoms with Gasteiger partial charge in [-0.25, -0.2) is 9.97 Å². The standard InChI is InChI=1S/C23H17Cl2N5/c24-16-8-9-18(20(25)13-16)23-29-21-7-2-1-6-19(21)22(30-23)28-11-10-27-17-5-3-4-15(12-17)14-26/h1-9,12-13,27H,10-11H2,(H,28,29,30). The van der Waals surface area contributed by atoms with E-state index in [-0.39, 0.29) is 0 Å². The van der Waals surface area contributed by atoms with E-state index in [1.807, 2.05) is 48.5 Å². The van der Waals surface area contributed by atoms with Gasteiger partial charge in [-0.05, 0) is 48.5 Å². The van der Waals surface area contributed by atoms with Crippen molar-refractivity contribution in [1.29, 1.82) is 5.26 Å². The summed E-state index contributed by atoms with van der Waals surface area (Å²) in [7, 11) is 0. The highest BCUT2D eigenvalue weighted by atomic mass is 35.5. The summed E-state index contributed by atoms with van der Waals surface area (Å²) >= 11 is 12.4. The Bertz CT molecular complexity index is 1250. The van der Waals surface area contributed by atoms with Crippen LogP contribution in [0.3, 0.4) is 0 Å². The first-order valence-electron chi connectivity index (χ1n) is 9.34. The lowest BCUT2D eigenvalue weighted by Gasteiger charge is -2.13. The number of hydrogen-bond acceptors (Lipinski definition) is 5. The highest BCUT2D eigenvalue weighted by Crippen LogP contribution is 2.31. The van der Waals surface area contributed by atoms with Gasteiger partial charge in [-0.15, -0.1) is 0 Å². The number of nitriles is 1. The Kier molecular flexibility index (Phi) is 5.99. The normalized spacial score (nSPS) is 10.6. The molecule has 1 heterocycles. The van der Waals surface area contributed by atoms with Gasteiger partial charge in [0.25, 0.3) is 0 Å². The Balaban J connectivity index is 1.56. The molecule has 4 aromatic rings. The van der Waals surface area contributed by atoms with Crippen LogP contribution in [-0.2, 0) is 0 Å². The zero-order valence-corrected chi connectivity index (χ0v) is 17.4. The average molecular weight is 434 g/mol. The quantitative estimate of drug-likeness (QED) is 0.364. The number of halogens is 2. The topological polar surface area (TPSA) is 73.6 Å². The van der Waals surface area contributed by atoms with Crippen molar-refractivity contribution in [1.82, 2.24) is 9.97 Å². The molecule has 3 aromatic carbocycles. The molecule has 1 aromatic heterocycles. The summed E-state index contributed by atoms with van der Waals surface area (Å²) in [6, 6.07) is 22.6. The first-order chi connectivity index (χ1) is 14.6. The van der Waals surface area contributed by atoms with Gasteiger partial charge in [-0.3, -0.25) is 0 Å². The lowest BCUT2D eigenvalue weighted by molar-refractivity contribution is 1.06. The molecule has 0 aliphatic rings. The summed E-state index contributed by atoms with van der Waals surface area (Å²) in [4.78, 5) is 9.38. The molecule has 0 saturated heterocycles. The van der Waals surface area contributed by atoms with Gasteiger partial charge in [0.05, 0.1) is 22.2 Å². The molecule has 5 nitrogen and oxygen atoms in total. The van der Waals surface area contributed by atoms with Crippen LogP contribution in [0.4, 0.5) is 11.5 Å². The number of benzene rings is 3. The van der Waals surface area contributed by atoms with Crippen molar-refractivity contribution < 1.29 is 0 Å². The Labute approximate surface area is 184 Å². The zero-order chi connectivity index (χ0) is 20.9. The number of fused-ring (bicyclic) bond motifs is 1. The van der Waals surface area contributed by atoms with Crippen molar-refractivity contribution in [2.24, 2.45) is 0 Å². The Morgan fingerprint density at radius 3 is 2.53 bits per heavy atom. The monoisotopic (exact) mass is 433 g/mol. The molecular formula is C23H17Cl2N5. The van der Waals surface area contributed by atoms with E-state index in [0.29, 0.717) is 34.5 Å². The smallest absolute Gasteiger partial charge is 0.163 e. The number of nitrogens with zero attached hydrogens (tertiary/aromatic N) is 3. The molecule has 0 amide bonds. The first kappa shape index (κ1) is 20.0. The summed E-state index contributed by atoms with van der Waals surface area (Å²) < 4.78 is 0. The minimum atomic E-state index is 0.503. The zero-order valence-electron chi connectivity index (χ0n) is 15.9. The number of para-hydroxylation sites is 1. The van der Waals surface area contributed by atoms with Crippen LogP contribution in [0, 0.1) is 11.3 Å². The van der Waals surface area contributed by atoms with Crippen LogP contribution in [0.1, 0.15) is 5.56 Å². The maximum Gasteiger partial charge on any atom is 0.163 e. The third-order valence-corrected chi connectivity index (χ3v) is 5.06. The van der Waals surface area contributed by atoms with Crippen molar-refractivity contribution in [3.63, 3.8) is 0 Å². The van der Waals surface area contributed by atoms with E-state index in [4.69, 9.17) is 33.4 Å². The van der Waals surface area contributed by atoms with Gasteiger partial charge >= 0.3 is 0 Å². The van der Waals surface area contributed by atoms with E-state index >= 15 is 0 Å². The molecule has 0 fully saturated rings. The fraction of sp³-hybridized carbons (Fsp3) is 0.0870. The van der Waals surface area contributed by atoms with Gasteiger partial charge in [-0.1, -0.05) is 41.4 Å². The van der Waals surface area contributed by atoms with Crippen LogP contribution in [0.15, 0.2) is 66.7 Å². The summed E-state index contributed by atoms with van der Waals surface area (Å²) in [5.41, 5.74) is 3.07. The number of nitrogens with one attached hydrogen (secondary N) is 2. The second-order valence-electron chi connectivity index (χ2n) is 6.58. The molecule has 4 rings (SSSR count). The van der Waals surface area contributed by atoms with Crippen molar-refractivity contribution in [2.45, 2.75) is 0 Å². The minimum Gasteiger partial charge on any atom is -0.383 e. The van der Waals surface area contributed by atoms with Crippen LogP contribution in [0.25, 0.3) is 22.3 Å². The molecule has 0 aliphatic carbocycles. The predicted octanol–water partition coefficient (Wildman–Crippen LogP) is 6.00.